The lowest BCUT2D eigenvalue weighted by Gasteiger charge is -2.27. The van der Waals surface area contributed by atoms with Crippen LogP contribution >= 0.6 is 0 Å². The summed E-state index contributed by atoms with van der Waals surface area (Å²) < 4.78 is 26.6. The highest BCUT2D eigenvalue weighted by atomic mass is 19.1. The van der Waals surface area contributed by atoms with Gasteiger partial charge < -0.3 is 15.3 Å². The first-order valence-corrected chi connectivity index (χ1v) is 8.15. The summed E-state index contributed by atoms with van der Waals surface area (Å²) in [5.41, 5.74) is 0.679. The molecule has 1 aliphatic rings. The Balaban J connectivity index is 1.64. The molecule has 0 aliphatic carbocycles. The molecule has 0 saturated carbocycles. The minimum Gasteiger partial charge on any atom is -0.388 e. The predicted molar refractivity (Wildman–Crippen MR) is 88.9 cm³/mol. The van der Waals surface area contributed by atoms with Crippen molar-refractivity contribution in [1.29, 1.82) is 0 Å². The molecule has 1 aromatic carbocycles. The van der Waals surface area contributed by atoms with E-state index >= 15 is 0 Å². The normalized spacial score (nSPS) is 18.2. The first kappa shape index (κ1) is 17.3. The number of nitrogens with one attached hydrogen (secondary N) is 1. The van der Waals surface area contributed by atoms with E-state index in [2.05, 4.69) is 10.3 Å². The summed E-state index contributed by atoms with van der Waals surface area (Å²) in [4.78, 5) is 17.7. The smallest absolute Gasteiger partial charge is 0.322 e. The lowest BCUT2D eigenvalue weighted by atomic mass is 10.0. The molecule has 7 heteroatoms. The summed E-state index contributed by atoms with van der Waals surface area (Å²) in [6.45, 7) is 0.541. The maximum atomic E-state index is 13.6. The third-order valence-electron chi connectivity index (χ3n) is 4.40. The predicted octanol–water partition coefficient (Wildman–Crippen LogP) is 3.48. The van der Waals surface area contributed by atoms with Gasteiger partial charge in [-0.3, -0.25) is 4.98 Å². The van der Waals surface area contributed by atoms with Crippen LogP contribution in [-0.2, 0) is 0 Å². The van der Waals surface area contributed by atoms with Crippen LogP contribution < -0.4 is 5.32 Å². The lowest BCUT2D eigenvalue weighted by molar-refractivity contribution is 0.129. The molecule has 132 valence electrons. The third-order valence-corrected chi connectivity index (χ3v) is 4.40. The fourth-order valence-electron chi connectivity index (χ4n) is 3.09. The molecule has 3 rings (SSSR count). The average molecular weight is 347 g/mol. The third kappa shape index (κ3) is 4.11. The Hall–Kier alpha value is -2.54. The number of benzene rings is 1. The second kappa shape index (κ2) is 7.57. The summed E-state index contributed by atoms with van der Waals surface area (Å²) in [5.74, 6) is -0.963. The van der Waals surface area contributed by atoms with E-state index in [0.717, 1.165) is 19.0 Å². The maximum Gasteiger partial charge on any atom is 0.322 e. The van der Waals surface area contributed by atoms with Crippen molar-refractivity contribution in [3.63, 3.8) is 0 Å². The van der Waals surface area contributed by atoms with E-state index in [1.54, 1.807) is 4.90 Å². The first-order chi connectivity index (χ1) is 12.0. The van der Waals surface area contributed by atoms with Gasteiger partial charge in [-0.2, -0.15) is 0 Å². The van der Waals surface area contributed by atoms with Crippen LogP contribution in [0.2, 0.25) is 0 Å². The summed E-state index contributed by atoms with van der Waals surface area (Å²) in [5, 5.41) is 12.9. The SMILES string of the molecule is O=C(Nc1ccncc1F)N1CCCC1CC(O)c1ccc(F)cc1. The Labute approximate surface area is 144 Å². The number of halogens is 2. The number of hydrogen-bond acceptors (Lipinski definition) is 3. The molecule has 2 heterocycles. The molecule has 1 fully saturated rings. The second-order valence-electron chi connectivity index (χ2n) is 6.08. The topological polar surface area (TPSA) is 65.5 Å². The molecule has 2 amide bonds. The van der Waals surface area contributed by atoms with Crippen LogP contribution in [0.15, 0.2) is 42.7 Å². The van der Waals surface area contributed by atoms with Gasteiger partial charge in [0.05, 0.1) is 18.0 Å². The molecule has 5 nitrogen and oxygen atoms in total. The van der Waals surface area contributed by atoms with Crippen molar-refractivity contribution in [1.82, 2.24) is 9.88 Å². The zero-order chi connectivity index (χ0) is 17.8. The van der Waals surface area contributed by atoms with Crippen LogP contribution in [0.25, 0.3) is 0 Å². The molecule has 2 aromatic rings. The number of urea groups is 1. The van der Waals surface area contributed by atoms with Gasteiger partial charge >= 0.3 is 6.03 Å². The van der Waals surface area contributed by atoms with Crippen LogP contribution in [0.1, 0.15) is 30.9 Å². The zero-order valence-electron chi connectivity index (χ0n) is 13.5. The number of aliphatic hydroxyl groups excluding tert-OH is 1. The summed E-state index contributed by atoms with van der Waals surface area (Å²) >= 11 is 0. The van der Waals surface area contributed by atoms with Gasteiger partial charge in [0.2, 0.25) is 0 Å². The lowest BCUT2D eigenvalue weighted by Crippen LogP contribution is -2.39. The zero-order valence-corrected chi connectivity index (χ0v) is 13.5. The number of rotatable bonds is 4. The van der Waals surface area contributed by atoms with E-state index in [9.17, 15) is 18.7 Å². The van der Waals surface area contributed by atoms with Gasteiger partial charge in [0.25, 0.3) is 0 Å². The Morgan fingerprint density at radius 2 is 2.08 bits per heavy atom. The molecule has 0 radical (unpaired) electrons. The number of aromatic nitrogens is 1. The Kier molecular flexibility index (Phi) is 5.23. The van der Waals surface area contributed by atoms with Gasteiger partial charge in [0.15, 0.2) is 5.82 Å². The van der Waals surface area contributed by atoms with E-state index in [1.165, 1.54) is 36.5 Å². The Morgan fingerprint density at radius 1 is 1.32 bits per heavy atom. The van der Waals surface area contributed by atoms with Crippen molar-refractivity contribution in [2.24, 2.45) is 0 Å². The van der Waals surface area contributed by atoms with Gasteiger partial charge in [-0.05, 0) is 43.0 Å². The minimum atomic E-state index is -0.795. The molecule has 0 bridgehead atoms. The van der Waals surface area contributed by atoms with Crippen molar-refractivity contribution in [3.05, 3.63) is 59.9 Å². The van der Waals surface area contributed by atoms with E-state index in [1.807, 2.05) is 0 Å². The van der Waals surface area contributed by atoms with Gasteiger partial charge in [0, 0.05) is 18.8 Å². The number of likely N-dealkylation sites (tertiary alicyclic amines) is 1. The van der Waals surface area contributed by atoms with Crippen molar-refractivity contribution in [2.45, 2.75) is 31.4 Å². The Morgan fingerprint density at radius 3 is 2.80 bits per heavy atom. The van der Waals surface area contributed by atoms with Crippen molar-refractivity contribution >= 4 is 11.7 Å². The van der Waals surface area contributed by atoms with E-state index in [0.29, 0.717) is 18.5 Å². The minimum absolute atomic E-state index is 0.0738. The fourth-order valence-corrected chi connectivity index (χ4v) is 3.09. The van der Waals surface area contributed by atoms with Gasteiger partial charge in [-0.1, -0.05) is 12.1 Å². The number of amides is 2. The van der Waals surface area contributed by atoms with E-state index in [4.69, 9.17) is 0 Å². The van der Waals surface area contributed by atoms with Crippen LogP contribution in [0, 0.1) is 11.6 Å². The van der Waals surface area contributed by atoms with Crippen LogP contribution in [0.5, 0.6) is 0 Å². The molecular weight excluding hydrogens is 328 g/mol. The van der Waals surface area contributed by atoms with Crippen LogP contribution in [0.3, 0.4) is 0 Å². The molecule has 1 saturated heterocycles. The fraction of sp³-hybridized carbons (Fsp3) is 0.333. The summed E-state index contributed by atoms with van der Waals surface area (Å²) in [6, 6.07) is 6.49. The number of carbonyl (C=O) groups is 1. The van der Waals surface area contributed by atoms with Crippen molar-refractivity contribution in [2.75, 3.05) is 11.9 Å². The Bertz CT molecular complexity index is 739. The molecular formula is C18H19F2N3O2. The van der Waals surface area contributed by atoms with Gasteiger partial charge in [0.1, 0.15) is 5.82 Å². The molecule has 2 N–H and O–H groups in total. The largest absolute Gasteiger partial charge is 0.388 e. The van der Waals surface area contributed by atoms with Crippen molar-refractivity contribution < 1.29 is 18.7 Å². The molecule has 1 aromatic heterocycles. The van der Waals surface area contributed by atoms with Gasteiger partial charge in [-0.15, -0.1) is 0 Å². The number of pyridine rings is 1. The number of carbonyl (C=O) groups excluding carboxylic acids is 1. The van der Waals surface area contributed by atoms with Crippen LogP contribution in [-0.4, -0.2) is 33.6 Å². The highest BCUT2D eigenvalue weighted by Crippen LogP contribution is 2.28. The first-order valence-electron chi connectivity index (χ1n) is 8.15. The van der Waals surface area contributed by atoms with Crippen molar-refractivity contribution in [3.8, 4) is 0 Å². The molecule has 2 atom stereocenters. The van der Waals surface area contributed by atoms with E-state index in [-0.39, 0.29) is 17.5 Å². The molecule has 1 aliphatic heterocycles. The number of hydrogen-bond donors (Lipinski definition) is 2. The molecule has 0 spiro atoms. The number of nitrogens with zero attached hydrogens (tertiary/aromatic N) is 2. The van der Waals surface area contributed by atoms with E-state index < -0.39 is 18.0 Å². The summed E-state index contributed by atoms with van der Waals surface area (Å²) in [7, 11) is 0. The average Bonchev–Trinajstić information content (AvgIpc) is 3.05. The van der Waals surface area contributed by atoms with Crippen LogP contribution in [0.4, 0.5) is 19.3 Å². The number of aliphatic hydroxyl groups is 1. The molecule has 25 heavy (non-hydrogen) atoms. The standard InChI is InChI=1S/C18H19F2N3O2/c19-13-5-3-12(4-6-13)17(24)10-14-2-1-9-23(14)18(25)22-16-7-8-21-11-15(16)20/h3-8,11,14,17,24H,1-2,9-10H2,(H,21,22,25). The summed E-state index contributed by atoms with van der Waals surface area (Å²) in [6.07, 6.45) is 3.56. The molecule has 2 unspecified atom stereocenters. The monoisotopic (exact) mass is 347 g/mol. The highest BCUT2D eigenvalue weighted by molar-refractivity contribution is 5.89. The highest BCUT2D eigenvalue weighted by Gasteiger charge is 2.31. The van der Waals surface area contributed by atoms with Gasteiger partial charge in [-0.25, -0.2) is 13.6 Å². The maximum absolute atomic E-state index is 13.6. The number of anilines is 1. The quantitative estimate of drug-likeness (QED) is 0.890. The second-order valence-corrected chi connectivity index (χ2v) is 6.08.